The van der Waals surface area contributed by atoms with Crippen LogP contribution in [0.5, 0.6) is 0 Å². The number of nitrogens with one attached hydrogen (secondary N) is 2. The van der Waals surface area contributed by atoms with Crippen LogP contribution in [0.2, 0.25) is 10.0 Å². The number of halogens is 2. The van der Waals surface area contributed by atoms with Crippen LogP contribution in [-0.4, -0.2) is 17.5 Å². The van der Waals surface area contributed by atoms with Crippen molar-refractivity contribution in [3.8, 4) is 0 Å². The van der Waals surface area contributed by atoms with Crippen molar-refractivity contribution >= 4 is 46.4 Å². The van der Waals surface area contributed by atoms with Crippen LogP contribution in [-0.2, 0) is 9.59 Å². The molecule has 2 rings (SSSR count). The summed E-state index contributed by atoms with van der Waals surface area (Å²) in [6, 6.07) is 4.72. The SMILES string of the molecule is O=C1CCC(C(=O)Nc2cc(Cl)cc(Cl)c2)=NN1. The molecule has 5 nitrogen and oxygen atoms in total. The quantitative estimate of drug-likeness (QED) is 0.875. The molecular formula is C11H9Cl2N3O2. The number of hydrogen-bond donors (Lipinski definition) is 2. The first-order valence-corrected chi connectivity index (χ1v) is 5.93. The summed E-state index contributed by atoms with van der Waals surface area (Å²) < 4.78 is 0. The highest BCUT2D eigenvalue weighted by Crippen LogP contribution is 2.22. The summed E-state index contributed by atoms with van der Waals surface area (Å²) in [6.45, 7) is 0. The highest BCUT2D eigenvalue weighted by atomic mass is 35.5. The Hall–Kier alpha value is -1.59. The van der Waals surface area contributed by atoms with Gasteiger partial charge >= 0.3 is 0 Å². The van der Waals surface area contributed by atoms with Crippen molar-refractivity contribution in [2.75, 3.05) is 5.32 Å². The Balaban J connectivity index is 2.09. The van der Waals surface area contributed by atoms with E-state index in [1.165, 1.54) is 0 Å². The van der Waals surface area contributed by atoms with Gasteiger partial charge in [0, 0.05) is 28.6 Å². The standard InChI is InChI=1S/C11H9Cl2N3O2/c12-6-3-7(13)5-8(4-6)14-11(18)9-1-2-10(17)16-15-9/h3-5H,1-2H2,(H,14,18)(H,16,17). The number of amides is 2. The van der Waals surface area contributed by atoms with Crippen molar-refractivity contribution < 1.29 is 9.59 Å². The third kappa shape index (κ3) is 3.21. The van der Waals surface area contributed by atoms with Gasteiger partial charge < -0.3 is 5.32 Å². The van der Waals surface area contributed by atoms with Crippen molar-refractivity contribution in [3.05, 3.63) is 28.2 Å². The smallest absolute Gasteiger partial charge is 0.271 e. The van der Waals surface area contributed by atoms with E-state index < -0.39 is 0 Å². The Morgan fingerprint density at radius 3 is 2.44 bits per heavy atom. The topological polar surface area (TPSA) is 70.6 Å². The van der Waals surface area contributed by atoms with E-state index in [0.29, 0.717) is 22.2 Å². The van der Waals surface area contributed by atoms with Gasteiger partial charge in [-0.25, -0.2) is 5.43 Å². The summed E-state index contributed by atoms with van der Waals surface area (Å²) in [5.41, 5.74) is 3.01. The highest BCUT2D eigenvalue weighted by Gasteiger charge is 2.18. The molecule has 1 aliphatic heterocycles. The molecule has 7 heteroatoms. The lowest BCUT2D eigenvalue weighted by atomic mass is 10.1. The lowest BCUT2D eigenvalue weighted by Crippen LogP contribution is -2.32. The molecule has 1 aromatic carbocycles. The molecule has 1 aliphatic rings. The Labute approximate surface area is 113 Å². The van der Waals surface area contributed by atoms with Crippen molar-refractivity contribution in [1.82, 2.24) is 5.43 Å². The maximum Gasteiger partial charge on any atom is 0.271 e. The van der Waals surface area contributed by atoms with Crippen LogP contribution >= 0.6 is 23.2 Å². The molecule has 0 radical (unpaired) electrons. The predicted octanol–water partition coefficient (Wildman–Crippen LogP) is 2.20. The average molecular weight is 286 g/mol. The zero-order valence-electron chi connectivity index (χ0n) is 9.17. The maximum absolute atomic E-state index is 11.8. The van der Waals surface area contributed by atoms with E-state index in [-0.39, 0.29) is 23.9 Å². The number of hydrogen-bond acceptors (Lipinski definition) is 3. The van der Waals surface area contributed by atoms with Crippen LogP contribution in [0.15, 0.2) is 23.3 Å². The third-order valence-corrected chi connectivity index (χ3v) is 2.72. The minimum absolute atomic E-state index is 0.197. The van der Waals surface area contributed by atoms with E-state index in [1.807, 2.05) is 0 Å². The number of rotatable bonds is 2. The number of hydrazone groups is 1. The van der Waals surface area contributed by atoms with Gasteiger partial charge in [0.2, 0.25) is 5.91 Å². The van der Waals surface area contributed by atoms with Crippen molar-refractivity contribution in [3.63, 3.8) is 0 Å². The first-order valence-electron chi connectivity index (χ1n) is 5.17. The molecule has 0 unspecified atom stereocenters. The third-order valence-electron chi connectivity index (χ3n) is 2.29. The second-order valence-electron chi connectivity index (χ2n) is 3.71. The molecule has 0 spiro atoms. The van der Waals surface area contributed by atoms with Gasteiger partial charge in [-0.15, -0.1) is 0 Å². The Morgan fingerprint density at radius 1 is 1.22 bits per heavy atom. The van der Waals surface area contributed by atoms with Crippen LogP contribution in [0.25, 0.3) is 0 Å². The lowest BCUT2D eigenvalue weighted by molar-refractivity contribution is -0.121. The van der Waals surface area contributed by atoms with Gasteiger partial charge in [-0.1, -0.05) is 23.2 Å². The second kappa shape index (κ2) is 5.37. The fourth-order valence-electron chi connectivity index (χ4n) is 1.47. The van der Waals surface area contributed by atoms with E-state index in [9.17, 15) is 9.59 Å². The van der Waals surface area contributed by atoms with Crippen LogP contribution in [0.1, 0.15) is 12.8 Å². The number of anilines is 1. The monoisotopic (exact) mass is 285 g/mol. The molecule has 0 fully saturated rings. The van der Waals surface area contributed by atoms with Crippen LogP contribution in [0, 0.1) is 0 Å². The summed E-state index contributed by atoms with van der Waals surface area (Å²) in [5.74, 6) is -0.578. The molecule has 94 valence electrons. The number of carbonyl (C=O) groups excluding carboxylic acids is 2. The minimum atomic E-state index is -0.381. The van der Waals surface area contributed by atoms with E-state index in [4.69, 9.17) is 23.2 Å². The van der Waals surface area contributed by atoms with E-state index in [2.05, 4.69) is 15.8 Å². The lowest BCUT2D eigenvalue weighted by Gasteiger charge is -2.12. The number of benzene rings is 1. The van der Waals surface area contributed by atoms with Gasteiger partial charge in [-0.2, -0.15) is 5.10 Å². The van der Waals surface area contributed by atoms with Gasteiger partial charge in [0.1, 0.15) is 5.71 Å². The summed E-state index contributed by atoms with van der Waals surface area (Å²) in [5, 5.41) is 7.16. The maximum atomic E-state index is 11.8. The van der Waals surface area contributed by atoms with Crippen LogP contribution in [0.3, 0.4) is 0 Å². The van der Waals surface area contributed by atoms with E-state index in [1.54, 1.807) is 18.2 Å². The Kier molecular flexibility index (Phi) is 3.84. The Morgan fingerprint density at radius 2 is 1.89 bits per heavy atom. The van der Waals surface area contributed by atoms with Crippen LogP contribution < -0.4 is 10.7 Å². The molecule has 0 aliphatic carbocycles. The summed E-state index contributed by atoms with van der Waals surface area (Å²) in [7, 11) is 0. The normalized spacial score (nSPS) is 14.8. The van der Waals surface area contributed by atoms with Gasteiger partial charge in [0.15, 0.2) is 0 Å². The molecular weight excluding hydrogens is 277 g/mol. The molecule has 0 bridgehead atoms. The van der Waals surface area contributed by atoms with Gasteiger partial charge in [0.05, 0.1) is 0 Å². The molecule has 2 N–H and O–H groups in total. The summed E-state index contributed by atoms with van der Waals surface area (Å²) >= 11 is 11.6. The molecule has 0 saturated heterocycles. The number of carbonyl (C=O) groups is 2. The molecule has 18 heavy (non-hydrogen) atoms. The summed E-state index contributed by atoms with van der Waals surface area (Å²) in [4.78, 5) is 22.7. The molecule has 0 atom stereocenters. The van der Waals surface area contributed by atoms with Crippen molar-refractivity contribution in [2.45, 2.75) is 12.8 Å². The fraction of sp³-hybridized carbons (Fsp3) is 0.182. The number of nitrogens with zero attached hydrogens (tertiary/aromatic N) is 1. The Bertz CT molecular complexity index is 523. The highest BCUT2D eigenvalue weighted by molar-refractivity contribution is 6.44. The molecule has 0 saturated carbocycles. The van der Waals surface area contributed by atoms with Gasteiger partial charge in [-0.3, -0.25) is 9.59 Å². The molecule has 1 aromatic rings. The van der Waals surface area contributed by atoms with Crippen LogP contribution in [0.4, 0.5) is 5.69 Å². The van der Waals surface area contributed by atoms with E-state index in [0.717, 1.165) is 0 Å². The van der Waals surface area contributed by atoms with E-state index >= 15 is 0 Å². The zero-order chi connectivity index (χ0) is 13.1. The zero-order valence-corrected chi connectivity index (χ0v) is 10.7. The van der Waals surface area contributed by atoms with Crippen molar-refractivity contribution in [1.29, 1.82) is 0 Å². The first-order chi connectivity index (χ1) is 8.54. The largest absolute Gasteiger partial charge is 0.321 e. The van der Waals surface area contributed by atoms with Gasteiger partial charge in [-0.05, 0) is 18.2 Å². The fourth-order valence-corrected chi connectivity index (χ4v) is 1.99. The second-order valence-corrected chi connectivity index (χ2v) is 4.58. The van der Waals surface area contributed by atoms with Gasteiger partial charge in [0.25, 0.3) is 5.91 Å². The predicted molar refractivity (Wildman–Crippen MR) is 69.9 cm³/mol. The average Bonchev–Trinajstić information content (AvgIpc) is 2.28. The molecule has 1 heterocycles. The first kappa shape index (κ1) is 12.9. The minimum Gasteiger partial charge on any atom is -0.321 e. The molecule has 2 amide bonds. The molecule has 0 aromatic heterocycles. The summed E-state index contributed by atoms with van der Waals surface area (Å²) in [6.07, 6.45) is 0.564. The van der Waals surface area contributed by atoms with Crippen molar-refractivity contribution in [2.24, 2.45) is 5.10 Å².